The monoisotopic (exact) mass is 1130 g/mol. The molecule has 13 rings (SSSR count). The average Bonchev–Trinajstić information content (AvgIpc) is 4.11. The molecule has 0 saturated carbocycles. The van der Waals surface area contributed by atoms with Crippen LogP contribution < -0.4 is 9.30 Å². The molecular formula is C66H55N5OPt-2. The second-order valence-electron chi connectivity index (χ2n) is 22.6. The van der Waals surface area contributed by atoms with Crippen LogP contribution in [0.15, 0.2) is 170 Å². The Morgan fingerprint density at radius 2 is 1.08 bits per heavy atom. The summed E-state index contributed by atoms with van der Waals surface area (Å²) in [4.78, 5) is 5.00. The number of nitrogens with zero attached hydrogens (tertiary/aromatic N) is 5. The van der Waals surface area contributed by atoms with Crippen molar-refractivity contribution in [2.45, 2.75) is 78.6 Å². The summed E-state index contributed by atoms with van der Waals surface area (Å²) < 4.78 is 15.7. The number of hydrogen-bond acceptors (Lipinski definition) is 2. The molecule has 0 aliphatic rings. The molecule has 0 aliphatic heterocycles. The zero-order valence-electron chi connectivity index (χ0n) is 42.6. The number of para-hydroxylation sites is 4. The van der Waals surface area contributed by atoms with Gasteiger partial charge in [0, 0.05) is 65.8 Å². The molecule has 0 spiro atoms. The van der Waals surface area contributed by atoms with Crippen LogP contribution in [-0.4, -0.2) is 18.5 Å². The van der Waals surface area contributed by atoms with E-state index >= 15 is 0 Å². The van der Waals surface area contributed by atoms with E-state index in [1.165, 1.54) is 60.3 Å². The van der Waals surface area contributed by atoms with Gasteiger partial charge in [-0.1, -0.05) is 153 Å². The minimum Gasteiger partial charge on any atom is -0.510 e. The molecule has 0 unspecified atom stereocenters. The molecule has 0 N–H and O–H groups in total. The number of benzene rings is 8. The molecule has 0 aliphatic carbocycles. The number of fused-ring (bicyclic) bond motifs is 10. The van der Waals surface area contributed by atoms with Crippen LogP contribution in [0.4, 0.5) is 0 Å². The summed E-state index contributed by atoms with van der Waals surface area (Å²) in [6.07, 6.45) is 5.64. The minimum absolute atomic E-state index is 0. The number of rotatable bonds is 6. The molecule has 0 atom stereocenters. The summed E-state index contributed by atoms with van der Waals surface area (Å²) in [6, 6.07) is 66.5. The number of ether oxygens (including phenoxy) is 1. The Bertz CT molecular complexity index is 4290. The number of imidazole rings is 1. The van der Waals surface area contributed by atoms with Gasteiger partial charge in [-0.15, -0.1) is 29.7 Å². The van der Waals surface area contributed by atoms with E-state index in [1.54, 1.807) is 0 Å². The first-order valence-electron chi connectivity index (χ1n) is 25.0. The predicted molar refractivity (Wildman–Crippen MR) is 296 cm³/mol. The smallest absolute Gasteiger partial charge is 0.268 e. The van der Waals surface area contributed by atoms with Gasteiger partial charge < -0.3 is 18.3 Å². The summed E-state index contributed by atoms with van der Waals surface area (Å²) in [6.45, 7) is 20.4. The zero-order valence-corrected chi connectivity index (χ0v) is 44.9. The molecule has 0 saturated heterocycles. The van der Waals surface area contributed by atoms with E-state index in [4.69, 9.17) is 9.72 Å². The van der Waals surface area contributed by atoms with E-state index in [0.717, 1.165) is 55.6 Å². The largest absolute Gasteiger partial charge is 0.510 e. The van der Waals surface area contributed by atoms with Crippen molar-refractivity contribution in [1.29, 1.82) is 0 Å². The van der Waals surface area contributed by atoms with Crippen LogP contribution in [0.1, 0.15) is 79.0 Å². The van der Waals surface area contributed by atoms with Gasteiger partial charge in [-0.2, -0.15) is 18.2 Å². The van der Waals surface area contributed by atoms with Gasteiger partial charge in [-0.25, -0.2) is 4.98 Å². The van der Waals surface area contributed by atoms with Crippen LogP contribution in [-0.2, 0) is 37.3 Å². The van der Waals surface area contributed by atoms with E-state index in [9.17, 15) is 0 Å². The average molecular weight is 1130 g/mol. The van der Waals surface area contributed by atoms with Gasteiger partial charge in [0.25, 0.3) is 6.33 Å². The molecule has 0 bridgehead atoms. The summed E-state index contributed by atoms with van der Waals surface area (Å²) in [5.74, 6) is 2.00. The Labute approximate surface area is 440 Å². The van der Waals surface area contributed by atoms with E-state index < -0.39 is 0 Å². The van der Waals surface area contributed by atoms with Crippen LogP contribution in [0.3, 0.4) is 0 Å². The van der Waals surface area contributed by atoms with Gasteiger partial charge in [0.05, 0.1) is 33.3 Å². The molecule has 7 heteroatoms. The second kappa shape index (κ2) is 16.8. The third kappa shape index (κ3) is 7.64. The molecule has 73 heavy (non-hydrogen) atoms. The van der Waals surface area contributed by atoms with Crippen molar-refractivity contribution < 1.29 is 30.4 Å². The number of hydrogen-bond donors (Lipinski definition) is 0. The fraction of sp³-hybridized carbons (Fsp3) is 0.182. The predicted octanol–water partition coefficient (Wildman–Crippen LogP) is 16.3. The number of pyridine rings is 1. The topological polar surface area (TPSA) is 40.3 Å². The molecule has 5 aromatic heterocycles. The van der Waals surface area contributed by atoms with Crippen LogP contribution >= 0.6 is 0 Å². The van der Waals surface area contributed by atoms with Gasteiger partial charge >= 0.3 is 0 Å². The number of aromatic nitrogens is 5. The Morgan fingerprint density at radius 3 is 1.81 bits per heavy atom. The first-order valence-corrected chi connectivity index (χ1v) is 25.0. The van der Waals surface area contributed by atoms with Crippen molar-refractivity contribution in [3.8, 4) is 39.8 Å². The molecule has 0 fully saturated rings. The molecule has 13 aromatic rings. The maximum absolute atomic E-state index is 6.75. The minimum atomic E-state index is -0.0683. The maximum atomic E-state index is 6.75. The van der Waals surface area contributed by atoms with Gasteiger partial charge in [0.2, 0.25) is 0 Å². The molecular weight excluding hydrogens is 1070 g/mol. The zero-order chi connectivity index (χ0) is 49.4. The van der Waals surface area contributed by atoms with Crippen molar-refractivity contribution in [3.63, 3.8) is 0 Å². The van der Waals surface area contributed by atoms with E-state index in [2.05, 4.69) is 244 Å². The summed E-state index contributed by atoms with van der Waals surface area (Å²) in [7, 11) is 0. The molecule has 5 heterocycles. The quantitative estimate of drug-likeness (QED) is 0.123. The fourth-order valence-electron chi connectivity index (χ4n) is 10.8. The van der Waals surface area contributed by atoms with Gasteiger partial charge in [-0.3, -0.25) is 4.57 Å². The molecule has 362 valence electrons. The second-order valence-corrected chi connectivity index (χ2v) is 22.6. The molecule has 6 nitrogen and oxygen atoms in total. The SMILES string of the molecule is CC(C)(C)c1cc(-[n+]2[c-]n(-c3[c-]c(Oc4[c-]c5c(cc4)c4cc(-c6ccc7c(c6)c6cccc8c9ccccc9n7c86)ccc4n5-c4cc(C(C)(C)C)ccn4)ccc3)c3ccccc32)cc(C(C)(C)C)c1.[Pt]. The molecule has 8 aromatic carbocycles. The van der Waals surface area contributed by atoms with Gasteiger partial charge in [-0.05, 0) is 104 Å². The van der Waals surface area contributed by atoms with Crippen molar-refractivity contribution >= 4 is 70.9 Å². The van der Waals surface area contributed by atoms with Crippen molar-refractivity contribution in [3.05, 3.63) is 205 Å². The first-order chi connectivity index (χ1) is 34.6. The Hall–Kier alpha value is -7.53. The van der Waals surface area contributed by atoms with Crippen LogP contribution in [0.2, 0.25) is 0 Å². The van der Waals surface area contributed by atoms with Crippen molar-refractivity contribution in [1.82, 2.24) is 18.5 Å². The van der Waals surface area contributed by atoms with E-state index in [1.807, 2.05) is 24.4 Å². The van der Waals surface area contributed by atoms with Crippen LogP contribution in [0.25, 0.3) is 99.3 Å². The maximum Gasteiger partial charge on any atom is 0.268 e. The molecule has 0 amide bonds. The van der Waals surface area contributed by atoms with Crippen molar-refractivity contribution in [2.24, 2.45) is 0 Å². The van der Waals surface area contributed by atoms with E-state index in [-0.39, 0.29) is 37.3 Å². The Kier molecular flexibility index (Phi) is 10.7. The first kappa shape index (κ1) is 46.5. The van der Waals surface area contributed by atoms with Gasteiger partial charge in [0.15, 0.2) is 0 Å². The van der Waals surface area contributed by atoms with Crippen LogP contribution in [0, 0.1) is 18.5 Å². The standard InChI is InChI=1S/C66H55N5O.Pt/c1-64(2,3)43-30-31-67-62(37-43)70-57-28-24-41(42-25-29-58-55(33-42)53-20-15-19-52-50-18-10-11-21-56(50)71(58)63(52)53)32-54(57)51-27-26-49(39-61(51)70)72-48-17-14-16-46(38-48)68-40-69(60-23-13-12-22-59(60)68)47-35-44(65(4,5)6)34-45(36-47)66(7,8)9;/h10-37H,1-9H3;/q-2;. The summed E-state index contributed by atoms with van der Waals surface area (Å²) in [5.41, 5.74) is 15.6. The fourth-order valence-corrected chi connectivity index (χ4v) is 10.8. The molecule has 0 radical (unpaired) electrons. The summed E-state index contributed by atoms with van der Waals surface area (Å²) in [5, 5.41) is 7.29. The van der Waals surface area contributed by atoms with Crippen molar-refractivity contribution in [2.75, 3.05) is 0 Å². The van der Waals surface area contributed by atoms with Crippen LogP contribution in [0.5, 0.6) is 11.5 Å². The Morgan fingerprint density at radius 1 is 0.479 bits per heavy atom. The third-order valence-electron chi connectivity index (χ3n) is 14.7. The summed E-state index contributed by atoms with van der Waals surface area (Å²) >= 11 is 0. The normalized spacial score (nSPS) is 12.6. The Balaban J connectivity index is 0.00000543. The van der Waals surface area contributed by atoms with Gasteiger partial charge in [0.1, 0.15) is 5.82 Å². The third-order valence-corrected chi connectivity index (χ3v) is 14.7. The van der Waals surface area contributed by atoms with E-state index in [0.29, 0.717) is 11.5 Å².